The molecule has 0 saturated carbocycles. The predicted octanol–water partition coefficient (Wildman–Crippen LogP) is 3.58. The van der Waals surface area contributed by atoms with E-state index in [1.54, 1.807) is 18.8 Å². The van der Waals surface area contributed by atoms with E-state index >= 15 is 0 Å². The molecule has 0 aromatic heterocycles. The number of hydrogen-bond donors (Lipinski definition) is 1. The lowest BCUT2D eigenvalue weighted by atomic mass is 10.2. The van der Waals surface area contributed by atoms with Crippen molar-refractivity contribution in [3.8, 4) is 5.75 Å². The molecule has 17 heavy (non-hydrogen) atoms. The molecule has 1 N–H and O–H groups in total. The maximum Gasteiger partial charge on any atom is 0.312 e. The Labute approximate surface area is 113 Å². The minimum atomic E-state index is -2.39. The average molecular weight is 291 g/mol. The van der Waals surface area contributed by atoms with E-state index in [-0.39, 0.29) is 0 Å². The van der Waals surface area contributed by atoms with Gasteiger partial charge in [-0.15, -0.1) is 11.8 Å². The normalized spacial score (nSPS) is 14.4. The van der Waals surface area contributed by atoms with Crippen molar-refractivity contribution in [3.63, 3.8) is 0 Å². The molecule has 0 aliphatic carbocycles. The van der Waals surface area contributed by atoms with Crippen LogP contribution in [-0.2, 0) is 16.3 Å². The van der Waals surface area contributed by atoms with Crippen molar-refractivity contribution in [1.82, 2.24) is 5.09 Å². The topological polar surface area (TPSA) is 30.5 Å². The summed E-state index contributed by atoms with van der Waals surface area (Å²) in [6.45, 7) is 2.12. The Balaban J connectivity index is 2.87. The Kier molecular flexibility index (Phi) is 5.97. The van der Waals surface area contributed by atoms with Crippen molar-refractivity contribution in [2.75, 3.05) is 19.9 Å². The van der Waals surface area contributed by atoms with Gasteiger partial charge in [0, 0.05) is 4.90 Å². The molecule has 1 rings (SSSR count). The summed E-state index contributed by atoms with van der Waals surface area (Å²) in [6, 6.07) is 5.95. The van der Waals surface area contributed by atoms with Crippen LogP contribution in [0.1, 0.15) is 12.5 Å². The molecule has 0 amide bonds. The van der Waals surface area contributed by atoms with Crippen LogP contribution in [0.3, 0.4) is 0 Å². The second-order valence-electron chi connectivity index (χ2n) is 3.36. The summed E-state index contributed by atoms with van der Waals surface area (Å²) in [5.41, 5.74) is 1.18. The van der Waals surface area contributed by atoms with Crippen LogP contribution in [0.5, 0.6) is 5.75 Å². The zero-order valence-electron chi connectivity index (χ0n) is 10.5. The number of rotatable bonds is 6. The highest BCUT2D eigenvalue weighted by atomic mass is 32.5. The molecule has 1 atom stereocenters. The van der Waals surface area contributed by atoms with Gasteiger partial charge in [-0.05, 0) is 62.7 Å². The number of nitrogens with one attached hydrogen (secondary N) is 1. The van der Waals surface area contributed by atoms with E-state index in [2.05, 4.69) is 18.3 Å². The largest absolute Gasteiger partial charge is 0.433 e. The van der Waals surface area contributed by atoms with Gasteiger partial charge < -0.3 is 9.05 Å². The Bertz CT molecular complexity index is 426. The third kappa shape index (κ3) is 4.27. The van der Waals surface area contributed by atoms with Crippen molar-refractivity contribution < 1.29 is 9.05 Å². The second-order valence-corrected chi connectivity index (χ2v) is 7.53. The van der Waals surface area contributed by atoms with Crippen LogP contribution in [0.2, 0.25) is 0 Å². The quantitative estimate of drug-likeness (QED) is 0.639. The molecule has 1 unspecified atom stereocenters. The molecule has 0 aliphatic rings. The fourth-order valence-corrected chi connectivity index (χ4v) is 3.52. The summed E-state index contributed by atoms with van der Waals surface area (Å²) in [6.07, 6.45) is 2.06. The Hall–Kier alpha value is -0.0600. The summed E-state index contributed by atoms with van der Waals surface area (Å²) in [4.78, 5) is 1.24. The van der Waals surface area contributed by atoms with Gasteiger partial charge in [0.05, 0.1) is 6.61 Å². The molecule has 1 aromatic carbocycles. The molecular formula is C11H18NO2PS2. The van der Waals surface area contributed by atoms with Gasteiger partial charge in [0.1, 0.15) is 5.75 Å². The van der Waals surface area contributed by atoms with Crippen LogP contribution in [0.15, 0.2) is 23.1 Å². The lowest BCUT2D eigenvalue weighted by Gasteiger charge is -2.21. The number of hydrogen-bond acceptors (Lipinski definition) is 4. The first-order valence-electron chi connectivity index (χ1n) is 5.32. The monoisotopic (exact) mass is 291 g/mol. The third-order valence-electron chi connectivity index (χ3n) is 2.16. The van der Waals surface area contributed by atoms with Crippen LogP contribution in [-0.4, -0.2) is 19.9 Å². The Morgan fingerprint density at radius 2 is 2.18 bits per heavy atom. The van der Waals surface area contributed by atoms with Gasteiger partial charge in [0.15, 0.2) is 0 Å². The van der Waals surface area contributed by atoms with E-state index in [0.29, 0.717) is 6.61 Å². The van der Waals surface area contributed by atoms with E-state index < -0.39 is 6.64 Å². The third-order valence-corrected chi connectivity index (χ3v) is 5.75. The highest BCUT2D eigenvalue weighted by Crippen LogP contribution is 2.44. The zero-order valence-corrected chi connectivity index (χ0v) is 13.0. The van der Waals surface area contributed by atoms with Gasteiger partial charge in [0.25, 0.3) is 0 Å². The van der Waals surface area contributed by atoms with Crippen molar-refractivity contribution in [1.29, 1.82) is 0 Å². The first-order chi connectivity index (χ1) is 8.04. The molecule has 0 heterocycles. The van der Waals surface area contributed by atoms with E-state index in [1.807, 2.05) is 25.1 Å². The van der Waals surface area contributed by atoms with Crippen molar-refractivity contribution in [2.45, 2.75) is 18.7 Å². The van der Waals surface area contributed by atoms with Crippen LogP contribution in [0.25, 0.3) is 0 Å². The second kappa shape index (κ2) is 6.76. The molecule has 0 bridgehead atoms. The summed E-state index contributed by atoms with van der Waals surface area (Å²) in [5.74, 6) is 0.756. The molecular weight excluding hydrogens is 273 g/mol. The van der Waals surface area contributed by atoms with Crippen LogP contribution in [0.4, 0.5) is 0 Å². The Morgan fingerprint density at radius 3 is 2.65 bits per heavy atom. The zero-order chi connectivity index (χ0) is 12.9. The van der Waals surface area contributed by atoms with Gasteiger partial charge in [-0.1, -0.05) is 0 Å². The predicted molar refractivity (Wildman–Crippen MR) is 78.6 cm³/mol. The highest BCUT2D eigenvalue weighted by Gasteiger charge is 2.17. The molecule has 0 spiro atoms. The van der Waals surface area contributed by atoms with E-state index in [0.717, 1.165) is 5.75 Å². The maximum absolute atomic E-state index is 5.76. The van der Waals surface area contributed by atoms with E-state index in [1.165, 1.54) is 10.5 Å². The van der Waals surface area contributed by atoms with Crippen LogP contribution in [0, 0.1) is 6.92 Å². The van der Waals surface area contributed by atoms with Gasteiger partial charge >= 0.3 is 6.64 Å². The standard InChI is InChI=1S/C11H18NO2PS2/c1-5-13-15(16,12-3)14-10-6-7-11(17-4)9(2)8-10/h6-8H,5H2,1-4H3,(H,12,16). The summed E-state index contributed by atoms with van der Waals surface area (Å²) in [5, 5.41) is 2.95. The van der Waals surface area contributed by atoms with Crippen LogP contribution < -0.4 is 9.61 Å². The molecule has 0 saturated heterocycles. The number of aryl methyl sites for hydroxylation is 1. The first kappa shape index (κ1) is 15.0. The molecule has 0 radical (unpaired) electrons. The highest BCUT2D eigenvalue weighted by molar-refractivity contribution is 8.09. The summed E-state index contributed by atoms with van der Waals surface area (Å²) in [7, 11) is 1.76. The number of benzene rings is 1. The van der Waals surface area contributed by atoms with Gasteiger partial charge in [-0.2, -0.15) is 0 Å². The van der Waals surface area contributed by atoms with Gasteiger partial charge in [-0.25, -0.2) is 5.09 Å². The molecule has 0 fully saturated rings. The smallest absolute Gasteiger partial charge is 0.312 e. The lowest BCUT2D eigenvalue weighted by molar-refractivity contribution is 0.325. The van der Waals surface area contributed by atoms with Crippen molar-refractivity contribution in [3.05, 3.63) is 23.8 Å². The van der Waals surface area contributed by atoms with Crippen molar-refractivity contribution in [2.24, 2.45) is 0 Å². The first-order valence-corrected chi connectivity index (χ1v) is 9.18. The van der Waals surface area contributed by atoms with E-state index in [4.69, 9.17) is 20.9 Å². The lowest BCUT2D eigenvalue weighted by Crippen LogP contribution is -2.11. The molecule has 96 valence electrons. The fraction of sp³-hybridized carbons (Fsp3) is 0.455. The van der Waals surface area contributed by atoms with Gasteiger partial charge in [-0.3, -0.25) is 0 Å². The SMILES string of the molecule is CCOP(=S)(NC)Oc1ccc(SC)c(C)c1. The average Bonchev–Trinajstić information content (AvgIpc) is 2.29. The van der Waals surface area contributed by atoms with E-state index in [9.17, 15) is 0 Å². The molecule has 1 aromatic rings. The minimum absolute atomic E-state index is 0.542. The minimum Gasteiger partial charge on any atom is -0.433 e. The van der Waals surface area contributed by atoms with Gasteiger partial charge in [0.2, 0.25) is 0 Å². The Morgan fingerprint density at radius 1 is 1.47 bits per heavy atom. The summed E-state index contributed by atoms with van der Waals surface area (Å²) >= 11 is 7.06. The van der Waals surface area contributed by atoms with Crippen molar-refractivity contribution >= 4 is 30.2 Å². The summed E-state index contributed by atoms with van der Waals surface area (Å²) < 4.78 is 11.2. The molecule has 0 aliphatic heterocycles. The molecule has 3 nitrogen and oxygen atoms in total. The number of thioether (sulfide) groups is 1. The molecule has 6 heteroatoms. The fourth-order valence-electron chi connectivity index (χ4n) is 1.35. The van der Waals surface area contributed by atoms with Crippen LogP contribution >= 0.6 is 18.4 Å². The maximum atomic E-state index is 5.76.